The number of aromatic nitrogens is 5. The van der Waals surface area contributed by atoms with Crippen LogP contribution in [0.25, 0.3) is 22.2 Å². The van der Waals surface area contributed by atoms with Crippen LogP contribution in [-0.2, 0) is 6.54 Å². The highest BCUT2D eigenvalue weighted by molar-refractivity contribution is 6.38. The molecule has 0 saturated carbocycles. The van der Waals surface area contributed by atoms with Crippen LogP contribution in [0.5, 0.6) is 0 Å². The normalized spacial score (nSPS) is 11.5. The van der Waals surface area contributed by atoms with E-state index in [4.69, 9.17) is 28.9 Å². The van der Waals surface area contributed by atoms with Gasteiger partial charge in [-0.25, -0.2) is 9.97 Å². The van der Waals surface area contributed by atoms with Crippen molar-refractivity contribution in [1.29, 1.82) is 0 Å². The van der Waals surface area contributed by atoms with Gasteiger partial charge in [0, 0.05) is 40.6 Å². The fraction of sp³-hybridized carbons (Fsp3) is 0.235. The molecule has 0 unspecified atom stereocenters. The Bertz CT molecular complexity index is 1020. The van der Waals surface area contributed by atoms with Gasteiger partial charge in [0.2, 0.25) is 5.95 Å². The maximum atomic E-state index is 6.30. The lowest BCUT2D eigenvalue weighted by atomic mass is 10.2. The van der Waals surface area contributed by atoms with Gasteiger partial charge < -0.3 is 20.6 Å². The van der Waals surface area contributed by atoms with Crippen LogP contribution in [0.4, 0.5) is 5.95 Å². The zero-order chi connectivity index (χ0) is 18.1. The van der Waals surface area contributed by atoms with Crippen molar-refractivity contribution in [2.24, 2.45) is 5.73 Å². The second-order valence-corrected chi connectivity index (χ2v) is 6.84. The van der Waals surface area contributed by atoms with E-state index in [1.165, 1.54) is 0 Å². The molecule has 0 amide bonds. The van der Waals surface area contributed by atoms with E-state index < -0.39 is 0 Å². The smallest absolute Gasteiger partial charge is 0.206 e. The number of H-pyrrole nitrogens is 2. The molecule has 4 aromatic rings. The summed E-state index contributed by atoms with van der Waals surface area (Å²) in [6.07, 6.45) is 4.10. The fourth-order valence-corrected chi connectivity index (χ4v) is 3.48. The van der Waals surface area contributed by atoms with Crippen molar-refractivity contribution in [2.75, 3.05) is 18.0 Å². The number of rotatable bonds is 6. The molecule has 0 aliphatic carbocycles. The molecule has 0 spiro atoms. The number of nitrogens with one attached hydrogen (secondary N) is 2. The third-order valence-corrected chi connectivity index (χ3v) is 4.65. The maximum Gasteiger partial charge on any atom is 0.206 e. The van der Waals surface area contributed by atoms with Crippen molar-refractivity contribution in [3.8, 4) is 0 Å². The molecule has 3 aromatic heterocycles. The summed E-state index contributed by atoms with van der Waals surface area (Å²) in [5.41, 5.74) is 8.86. The SMILES string of the molecule is NCCCN(Cc1cc2c(Cl)cc(Cl)cc2[nH]1)c1nc2nccnc2[nH]1. The quantitative estimate of drug-likeness (QED) is 0.468. The number of nitrogens with zero attached hydrogens (tertiary/aromatic N) is 4. The van der Waals surface area contributed by atoms with Crippen LogP contribution < -0.4 is 10.6 Å². The fourth-order valence-electron chi connectivity index (χ4n) is 2.94. The third-order valence-electron chi connectivity index (χ3n) is 4.12. The highest BCUT2D eigenvalue weighted by atomic mass is 35.5. The Labute approximate surface area is 159 Å². The topological polar surface area (TPSA) is 99.5 Å². The molecule has 0 saturated heterocycles. The maximum absolute atomic E-state index is 6.30. The first-order valence-electron chi connectivity index (χ1n) is 8.22. The standard InChI is InChI=1S/C17H17Cl2N7/c18-10-6-13(19)12-8-11(23-14(12)7-10)9-26(5-1-2-20)17-24-15-16(25-17)22-4-3-21-15/h3-4,6-8,23H,1-2,5,9,20H2,(H,21,22,24,25). The number of anilines is 1. The molecule has 0 aliphatic heterocycles. The van der Waals surface area contributed by atoms with Gasteiger partial charge in [0.05, 0.1) is 11.6 Å². The largest absolute Gasteiger partial charge is 0.357 e. The second-order valence-electron chi connectivity index (χ2n) is 6.00. The molecule has 1 aromatic carbocycles. The van der Waals surface area contributed by atoms with Gasteiger partial charge in [-0.1, -0.05) is 23.2 Å². The molecule has 0 aliphatic rings. The van der Waals surface area contributed by atoms with E-state index in [0.29, 0.717) is 40.4 Å². The molecule has 9 heteroatoms. The summed E-state index contributed by atoms with van der Waals surface area (Å²) in [5, 5.41) is 2.17. The van der Waals surface area contributed by atoms with Gasteiger partial charge in [-0.15, -0.1) is 0 Å². The molecule has 26 heavy (non-hydrogen) atoms. The summed E-state index contributed by atoms with van der Waals surface area (Å²) in [6.45, 7) is 1.96. The molecule has 4 rings (SSSR count). The van der Waals surface area contributed by atoms with Crippen LogP contribution in [0.1, 0.15) is 12.1 Å². The van der Waals surface area contributed by atoms with Gasteiger partial charge in [0.25, 0.3) is 0 Å². The first-order chi connectivity index (χ1) is 12.6. The van der Waals surface area contributed by atoms with Crippen LogP contribution in [0.15, 0.2) is 30.6 Å². The van der Waals surface area contributed by atoms with Crippen molar-refractivity contribution in [3.63, 3.8) is 0 Å². The lowest BCUT2D eigenvalue weighted by Crippen LogP contribution is -2.26. The zero-order valence-corrected chi connectivity index (χ0v) is 15.3. The van der Waals surface area contributed by atoms with E-state index in [1.54, 1.807) is 18.5 Å². The number of imidazole rings is 1. The molecule has 7 nitrogen and oxygen atoms in total. The Balaban J connectivity index is 1.67. The average molecular weight is 390 g/mol. The minimum Gasteiger partial charge on any atom is -0.357 e. The van der Waals surface area contributed by atoms with Gasteiger partial charge in [0.1, 0.15) is 0 Å². The predicted molar refractivity (Wildman–Crippen MR) is 105 cm³/mol. The van der Waals surface area contributed by atoms with E-state index in [9.17, 15) is 0 Å². The van der Waals surface area contributed by atoms with Gasteiger partial charge in [-0.05, 0) is 31.2 Å². The number of nitrogens with two attached hydrogens (primary N) is 1. The average Bonchev–Trinajstić information content (AvgIpc) is 3.22. The summed E-state index contributed by atoms with van der Waals surface area (Å²) in [4.78, 5) is 21.7. The van der Waals surface area contributed by atoms with Crippen LogP contribution >= 0.6 is 23.2 Å². The molecule has 0 atom stereocenters. The number of halogens is 2. The van der Waals surface area contributed by atoms with Crippen LogP contribution in [0.3, 0.4) is 0 Å². The van der Waals surface area contributed by atoms with Crippen LogP contribution in [0, 0.1) is 0 Å². The summed E-state index contributed by atoms with van der Waals surface area (Å²) in [5.74, 6) is 0.711. The Hall–Kier alpha value is -2.35. The molecule has 0 radical (unpaired) electrons. The number of hydrogen-bond donors (Lipinski definition) is 3. The minimum absolute atomic E-state index is 0.590. The van der Waals surface area contributed by atoms with Crippen LogP contribution in [0.2, 0.25) is 10.0 Å². The Morgan fingerprint density at radius 2 is 1.92 bits per heavy atom. The van der Waals surface area contributed by atoms with Crippen molar-refractivity contribution in [1.82, 2.24) is 24.9 Å². The van der Waals surface area contributed by atoms with Gasteiger partial charge in [0.15, 0.2) is 11.3 Å². The highest BCUT2D eigenvalue weighted by Crippen LogP contribution is 2.29. The molecule has 4 N–H and O–H groups in total. The van der Waals surface area contributed by atoms with Gasteiger partial charge >= 0.3 is 0 Å². The van der Waals surface area contributed by atoms with Gasteiger partial charge in [-0.3, -0.25) is 0 Å². The van der Waals surface area contributed by atoms with E-state index in [1.807, 2.05) is 12.1 Å². The Kier molecular flexibility index (Phi) is 4.67. The van der Waals surface area contributed by atoms with E-state index >= 15 is 0 Å². The molecular formula is C17H17Cl2N7. The first-order valence-corrected chi connectivity index (χ1v) is 8.98. The zero-order valence-electron chi connectivity index (χ0n) is 13.8. The molecular weight excluding hydrogens is 373 g/mol. The van der Waals surface area contributed by atoms with E-state index in [2.05, 4.69) is 29.8 Å². The summed E-state index contributed by atoms with van der Waals surface area (Å²) >= 11 is 12.4. The van der Waals surface area contributed by atoms with E-state index in [-0.39, 0.29) is 0 Å². The molecule has 3 heterocycles. The van der Waals surface area contributed by atoms with Gasteiger partial charge in [-0.2, -0.15) is 4.98 Å². The lowest BCUT2D eigenvalue weighted by molar-refractivity contribution is 0.713. The molecule has 0 bridgehead atoms. The summed E-state index contributed by atoms with van der Waals surface area (Å²) in [7, 11) is 0. The number of fused-ring (bicyclic) bond motifs is 2. The third kappa shape index (κ3) is 3.33. The second kappa shape index (κ2) is 7.11. The molecule has 0 fully saturated rings. The number of aromatic amines is 2. The summed E-state index contributed by atoms with van der Waals surface area (Å²) in [6, 6.07) is 5.64. The predicted octanol–water partition coefficient (Wildman–Crippen LogP) is 3.50. The Morgan fingerprint density at radius 1 is 1.08 bits per heavy atom. The van der Waals surface area contributed by atoms with Crippen molar-refractivity contribution < 1.29 is 0 Å². The minimum atomic E-state index is 0.590. The number of hydrogen-bond acceptors (Lipinski definition) is 5. The summed E-state index contributed by atoms with van der Waals surface area (Å²) < 4.78 is 0. The first kappa shape index (κ1) is 17.1. The lowest BCUT2D eigenvalue weighted by Gasteiger charge is -2.20. The van der Waals surface area contributed by atoms with Crippen molar-refractivity contribution >= 4 is 51.3 Å². The van der Waals surface area contributed by atoms with Crippen LogP contribution in [-0.4, -0.2) is 38.0 Å². The molecule has 134 valence electrons. The monoisotopic (exact) mass is 389 g/mol. The van der Waals surface area contributed by atoms with E-state index in [0.717, 1.165) is 29.6 Å². The highest BCUT2D eigenvalue weighted by Gasteiger charge is 2.15. The van der Waals surface area contributed by atoms with Crippen molar-refractivity contribution in [2.45, 2.75) is 13.0 Å². The Morgan fingerprint density at radius 3 is 2.73 bits per heavy atom. The van der Waals surface area contributed by atoms with Crippen molar-refractivity contribution in [3.05, 3.63) is 46.3 Å². The number of benzene rings is 1.